The highest BCUT2D eigenvalue weighted by atomic mass is 16.6. The highest BCUT2D eigenvalue weighted by molar-refractivity contribution is 4.69. The van der Waals surface area contributed by atoms with Crippen molar-refractivity contribution in [1.29, 1.82) is 0 Å². The monoisotopic (exact) mass is 143 g/mol. The summed E-state index contributed by atoms with van der Waals surface area (Å²) in [5, 5.41) is 0. The Labute approximate surface area is 62.7 Å². The molecular formula is C8H17NO. The van der Waals surface area contributed by atoms with Gasteiger partial charge in [0.25, 0.3) is 0 Å². The minimum atomic E-state index is 0.730. The van der Waals surface area contributed by atoms with Crippen LogP contribution in [0.5, 0.6) is 0 Å². The van der Waals surface area contributed by atoms with Crippen LogP contribution in [0.15, 0.2) is 0 Å². The van der Waals surface area contributed by atoms with Crippen molar-refractivity contribution in [2.45, 2.75) is 32.6 Å². The third-order valence-corrected chi connectivity index (χ3v) is 2.38. The highest BCUT2D eigenvalue weighted by Gasteiger charge is 2.18. The summed E-state index contributed by atoms with van der Waals surface area (Å²) in [5.41, 5.74) is 0. The third-order valence-electron chi connectivity index (χ3n) is 2.38. The van der Waals surface area contributed by atoms with Crippen LogP contribution in [0.2, 0.25) is 0 Å². The maximum Gasteiger partial charge on any atom is 0.0707 e. The third kappa shape index (κ3) is 2.27. The summed E-state index contributed by atoms with van der Waals surface area (Å²) in [6.07, 6.45) is 5.36. The zero-order valence-electron chi connectivity index (χ0n) is 6.68. The molecule has 0 saturated heterocycles. The van der Waals surface area contributed by atoms with Gasteiger partial charge in [0, 0.05) is 0 Å². The van der Waals surface area contributed by atoms with E-state index in [-0.39, 0.29) is 0 Å². The molecule has 60 valence electrons. The smallest absolute Gasteiger partial charge is 0.0707 e. The molecule has 10 heavy (non-hydrogen) atoms. The van der Waals surface area contributed by atoms with E-state index in [1.54, 1.807) is 0 Å². The first-order valence-corrected chi connectivity index (χ1v) is 4.14. The SMILES string of the molecule is CC1CCCC(CON)C1. The second-order valence-corrected chi connectivity index (χ2v) is 3.47. The van der Waals surface area contributed by atoms with Crippen molar-refractivity contribution < 1.29 is 4.84 Å². The zero-order chi connectivity index (χ0) is 7.40. The number of nitrogens with two attached hydrogens (primary N) is 1. The molecule has 2 atom stereocenters. The average molecular weight is 143 g/mol. The molecule has 1 fully saturated rings. The van der Waals surface area contributed by atoms with E-state index in [0.717, 1.165) is 18.4 Å². The first-order valence-electron chi connectivity index (χ1n) is 4.14. The Bertz CT molecular complexity index is 93.3. The second kappa shape index (κ2) is 3.94. The summed E-state index contributed by atoms with van der Waals surface area (Å²) in [4.78, 5) is 4.63. The summed E-state index contributed by atoms with van der Waals surface area (Å²) in [7, 11) is 0. The Balaban J connectivity index is 2.18. The van der Waals surface area contributed by atoms with Crippen LogP contribution in [0.3, 0.4) is 0 Å². The Morgan fingerprint density at radius 1 is 1.50 bits per heavy atom. The molecule has 0 aromatic carbocycles. The topological polar surface area (TPSA) is 35.2 Å². The molecule has 0 spiro atoms. The highest BCUT2D eigenvalue weighted by Crippen LogP contribution is 2.28. The minimum Gasteiger partial charge on any atom is -0.304 e. The molecule has 0 bridgehead atoms. The molecule has 0 amide bonds. The maximum absolute atomic E-state index is 5.00. The van der Waals surface area contributed by atoms with Crippen LogP contribution in [0.25, 0.3) is 0 Å². The van der Waals surface area contributed by atoms with Gasteiger partial charge in [-0.05, 0) is 24.7 Å². The van der Waals surface area contributed by atoms with Gasteiger partial charge >= 0.3 is 0 Å². The molecule has 0 aliphatic heterocycles. The molecule has 2 nitrogen and oxygen atoms in total. The van der Waals surface area contributed by atoms with E-state index in [0.29, 0.717) is 0 Å². The minimum absolute atomic E-state index is 0.730. The van der Waals surface area contributed by atoms with Crippen LogP contribution < -0.4 is 5.90 Å². The molecule has 1 saturated carbocycles. The van der Waals surface area contributed by atoms with E-state index >= 15 is 0 Å². The van der Waals surface area contributed by atoms with Gasteiger partial charge in [0.1, 0.15) is 0 Å². The van der Waals surface area contributed by atoms with Gasteiger partial charge in [0.05, 0.1) is 6.61 Å². The standard InChI is InChI=1S/C8H17NO/c1-7-3-2-4-8(5-7)6-10-9/h7-8H,2-6,9H2,1H3. The summed E-state index contributed by atoms with van der Waals surface area (Å²) >= 11 is 0. The Morgan fingerprint density at radius 2 is 2.30 bits per heavy atom. The van der Waals surface area contributed by atoms with Gasteiger partial charge in [-0.3, -0.25) is 0 Å². The van der Waals surface area contributed by atoms with Crippen molar-refractivity contribution in [3.63, 3.8) is 0 Å². The molecule has 1 aliphatic rings. The van der Waals surface area contributed by atoms with Crippen molar-refractivity contribution in [3.05, 3.63) is 0 Å². The van der Waals surface area contributed by atoms with E-state index in [4.69, 9.17) is 5.90 Å². The van der Waals surface area contributed by atoms with Gasteiger partial charge in [-0.15, -0.1) is 0 Å². The second-order valence-electron chi connectivity index (χ2n) is 3.47. The Hall–Kier alpha value is -0.0800. The van der Waals surface area contributed by atoms with E-state index in [2.05, 4.69) is 11.8 Å². The largest absolute Gasteiger partial charge is 0.304 e. The predicted octanol–water partition coefficient (Wildman–Crippen LogP) is 1.70. The number of rotatable bonds is 2. The molecule has 1 aliphatic carbocycles. The van der Waals surface area contributed by atoms with E-state index in [1.165, 1.54) is 25.7 Å². The number of hydrogen-bond acceptors (Lipinski definition) is 2. The van der Waals surface area contributed by atoms with Crippen LogP contribution in [-0.4, -0.2) is 6.61 Å². The normalized spacial score (nSPS) is 34.2. The van der Waals surface area contributed by atoms with Gasteiger partial charge < -0.3 is 4.84 Å². The lowest BCUT2D eigenvalue weighted by Gasteiger charge is -2.25. The molecule has 1 rings (SSSR count). The van der Waals surface area contributed by atoms with E-state index < -0.39 is 0 Å². The van der Waals surface area contributed by atoms with E-state index in [9.17, 15) is 0 Å². The van der Waals surface area contributed by atoms with Crippen LogP contribution in [0, 0.1) is 11.8 Å². The zero-order valence-corrected chi connectivity index (χ0v) is 6.68. The first-order chi connectivity index (χ1) is 4.83. The molecule has 0 aromatic rings. The van der Waals surface area contributed by atoms with Crippen LogP contribution >= 0.6 is 0 Å². The summed E-state index contributed by atoms with van der Waals surface area (Å²) in [6, 6.07) is 0. The molecule has 0 heterocycles. The lowest BCUT2D eigenvalue weighted by Crippen LogP contribution is -2.19. The lowest BCUT2D eigenvalue weighted by atomic mass is 9.83. The fourth-order valence-electron chi connectivity index (χ4n) is 1.85. The quantitative estimate of drug-likeness (QED) is 0.597. The van der Waals surface area contributed by atoms with Gasteiger partial charge in [-0.2, -0.15) is 0 Å². The fourth-order valence-corrected chi connectivity index (χ4v) is 1.85. The van der Waals surface area contributed by atoms with Crippen molar-refractivity contribution in [1.82, 2.24) is 0 Å². The molecule has 2 heteroatoms. The van der Waals surface area contributed by atoms with E-state index in [1.807, 2.05) is 0 Å². The lowest BCUT2D eigenvalue weighted by molar-refractivity contribution is 0.0773. The Morgan fingerprint density at radius 3 is 2.90 bits per heavy atom. The van der Waals surface area contributed by atoms with Gasteiger partial charge in [-0.25, -0.2) is 5.90 Å². The first kappa shape index (κ1) is 8.02. The summed E-state index contributed by atoms with van der Waals surface area (Å²) < 4.78 is 0. The van der Waals surface area contributed by atoms with Gasteiger partial charge in [0.2, 0.25) is 0 Å². The number of hydrogen-bond donors (Lipinski definition) is 1. The Kier molecular flexibility index (Phi) is 3.16. The molecule has 2 unspecified atom stereocenters. The average Bonchev–Trinajstić information content (AvgIpc) is 1.88. The van der Waals surface area contributed by atoms with Crippen LogP contribution in [0.1, 0.15) is 32.6 Å². The molecular weight excluding hydrogens is 126 g/mol. The van der Waals surface area contributed by atoms with Crippen LogP contribution in [0.4, 0.5) is 0 Å². The van der Waals surface area contributed by atoms with Crippen molar-refractivity contribution in [3.8, 4) is 0 Å². The van der Waals surface area contributed by atoms with Gasteiger partial charge in [0.15, 0.2) is 0 Å². The van der Waals surface area contributed by atoms with Crippen molar-refractivity contribution >= 4 is 0 Å². The fraction of sp³-hybridized carbons (Fsp3) is 1.00. The van der Waals surface area contributed by atoms with Gasteiger partial charge in [-0.1, -0.05) is 19.8 Å². The van der Waals surface area contributed by atoms with Crippen molar-refractivity contribution in [2.75, 3.05) is 6.61 Å². The molecule has 0 aromatic heterocycles. The predicted molar refractivity (Wildman–Crippen MR) is 41.3 cm³/mol. The summed E-state index contributed by atoms with van der Waals surface area (Å²) in [6.45, 7) is 3.06. The summed E-state index contributed by atoms with van der Waals surface area (Å²) in [5.74, 6) is 6.62. The molecule has 0 radical (unpaired) electrons. The van der Waals surface area contributed by atoms with Crippen molar-refractivity contribution in [2.24, 2.45) is 17.7 Å². The maximum atomic E-state index is 5.00. The molecule has 2 N–H and O–H groups in total. The van der Waals surface area contributed by atoms with Crippen LogP contribution in [-0.2, 0) is 4.84 Å².